The highest BCUT2D eigenvalue weighted by atomic mass is 35.5. The molecule has 0 aromatic carbocycles. The van der Waals surface area contributed by atoms with Crippen LogP contribution in [0.1, 0.15) is 51.9 Å². The molecule has 19 heavy (non-hydrogen) atoms. The van der Waals surface area contributed by atoms with E-state index in [1.807, 2.05) is 0 Å². The van der Waals surface area contributed by atoms with Crippen LogP contribution in [0.5, 0.6) is 0 Å². The molecule has 110 valence electrons. The van der Waals surface area contributed by atoms with E-state index >= 15 is 0 Å². The van der Waals surface area contributed by atoms with E-state index in [4.69, 9.17) is 0 Å². The highest BCUT2D eigenvalue weighted by Gasteiger charge is 2.47. The van der Waals surface area contributed by atoms with Crippen molar-refractivity contribution in [2.75, 3.05) is 26.2 Å². The minimum atomic E-state index is 0. The first-order chi connectivity index (χ1) is 8.70. The number of carbonyl (C=O) groups excluding carboxylic acids is 1. The molecule has 3 nitrogen and oxygen atoms in total. The van der Waals surface area contributed by atoms with E-state index in [-0.39, 0.29) is 17.8 Å². The largest absolute Gasteiger partial charge is 0.342 e. The standard InChI is InChI=1S/C15H26N2O.ClH/c1-2-15(5-3-4-6-15)13(18)17-10-8-14(12-17)7-9-16-11-14;/h16H,2-12H2,1H3;1H. The summed E-state index contributed by atoms with van der Waals surface area (Å²) in [6.07, 6.45) is 8.27. The zero-order chi connectivity index (χ0) is 12.6. The summed E-state index contributed by atoms with van der Waals surface area (Å²) in [6, 6.07) is 0. The van der Waals surface area contributed by atoms with Gasteiger partial charge in [0.2, 0.25) is 5.91 Å². The Balaban J connectivity index is 0.00000133. The Hall–Kier alpha value is -0.280. The van der Waals surface area contributed by atoms with Crippen molar-refractivity contribution in [2.24, 2.45) is 10.8 Å². The van der Waals surface area contributed by atoms with Crippen LogP contribution < -0.4 is 5.32 Å². The van der Waals surface area contributed by atoms with Gasteiger partial charge in [0.1, 0.15) is 0 Å². The maximum Gasteiger partial charge on any atom is 0.228 e. The molecule has 2 saturated heterocycles. The molecule has 1 aliphatic carbocycles. The van der Waals surface area contributed by atoms with Crippen LogP contribution in [0.2, 0.25) is 0 Å². The minimum Gasteiger partial charge on any atom is -0.342 e. The molecule has 0 radical (unpaired) electrons. The van der Waals surface area contributed by atoms with Gasteiger partial charge in [0.05, 0.1) is 0 Å². The summed E-state index contributed by atoms with van der Waals surface area (Å²) in [4.78, 5) is 15.0. The minimum absolute atomic E-state index is 0. The van der Waals surface area contributed by atoms with Crippen molar-refractivity contribution in [3.63, 3.8) is 0 Å². The molecule has 1 saturated carbocycles. The first-order valence-electron chi connectivity index (χ1n) is 7.70. The van der Waals surface area contributed by atoms with E-state index in [2.05, 4.69) is 17.1 Å². The zero-order valence-electron chi connectivity index (χ0n) is 12.0. The lowest BCUT2D eigenvalue weighted by Gasteiger charge is -2.32. The van der Waals surface area contributed by atoms with Gasteiger partial charge >= 0.3 is 0 Å². The molecule has 0 aromatic rings. The fourth-order valence-electron chi connectivity index (χ4n) is 4.36. The van der Waals surface area contributed by atoms with Crippen molar-refractivity contribution in [2.45, 2.75) is 51.9 Å². The third-order valence-corrected chi connectivity index (χ3v) is 5.75. The molecule has 0 bridgehead atoms. The number of hydrogen-bond acceptors (Lipinski definition) is 2. The molecular weight excluding hydrogens is 260 g/mol. The Morgan fingerprint density at radius 3 is 2.53 bits per heavy atom. The van der Waals surface area contributed by atoms with Crippen molar-refractivity contribution >= 4 is 18.3 Å². The molecule has 3 fully saturated rings. The Labute approximate surface area is 122 Å². The van der Waals surface area contributed by atoms with Crippen LogP contribution in [-0.2, 0) is 4.79 Å². The third-order valence-electron chi connectivity index (χ3n) is 5.75. The Morgan fingerprint density at radius 2 is 1.95 bits per heavy atom. The van der Waals surface area contributed by atoms with Crippen LogP contribution in [0, 0.1) is 10.8 Å². The van der Waals surface area contributed by atoms with Crippen LogP contribution in [0.3, 0.4) is 0 Å². The van der Waals surface area contributed by atoms with E-state index in [1.54, 1.807) is 0 Å². The number of nitrogens with zero attached hydrogens (tertiary/aromatic N) is 1. The van der Waals surface area contributed by atoms with Gasteiger partial charge in [0.25, 0.3) is 0 Å². The lowest BCUT2D eigenvalue weighted by Crippen LogP contribution is -2.42. The number of halogens is 1. The summed E-state index contributed by atoms with van der Waals surface area (Å²) in [5, 5.41) is 3.47. The van der Waals surface area contributed by atoms with E-state index in [9.17, 15) is 4.79 Å². The maximum absolute atomic E-state index is 12.8. The number of hydrogen-bond donors (Lipinski definition) is 1. The number of rotatable bonds is 2. The predicted octanol–water partition coefficient (Wildman–Crippen LogP) is 2.59. The summed E-state index contributed by atoms with van der Waals surface area (Å²) < 4.78 is 0. The quantitative estimate of drug-likeness (QED) is 0.846. The smallest absolute Gasteiger partial charge is 0.228 e. The van der Waals surface area contributed by atoms with Gasteiger partial charge in [-0.15, -0.1) is 12.4 Å². The molecule has 3 rings (SSSR count). The lowest BCUT2D eigenvalue weighted by molar-refractivity contribution is -0.141. The average Bonchev–Trinajstić information content (AvgIpc) is 3.12. The maximum atomic E-state index is 12.8. The summed E-state index contributed by atoms with van der Waals surface area (Å²) in [5.41, 5.74) is 0.431. The van der Waals surface area contributed by atoms with Crippen molar-refractivity contribution < 1.29 is 4.79 Å². The van der Waals surface area contributed by atoms with Gasteiger partial charge in [-0.2, -0.15) is 0 Å². The fourth-order valence-corrected chi connectivity index (χ4v) is 4.36. The van der Waals surface area contributed by atoms with Crippen LogP contribution in [0.15, 0.2) is 0 Å². The van der Waals surface area contributed by atoms with Gasteiger partial charge in [0, 0.05) is 30.5 Å². The second-order valence-electron chi connectivity index (χ2n) is 6.74. The predicted molar refractivity (Wildman–Crippen MR) is 79.6 cm³/mol. The van der Waals surface area contributed by atoms with E-state index in [0.29, 0.717) is 11.3 Å². The number of amides is 1. The van der Waals surface area contributed by atoms with Crippen molar-refractivity contribution in [1.29, 1.82) is 0 Å². The number of nitrogens with one attached hydrogen (secondary N) is 1. The second-order valence-corrected chi connectivity index (χ2v) is 6.74. The molecular formula is C15H27ClN2O. The van der Waals surface area contributed by atoms with E-state index in [0.717, 1.165) is 45.4 Å². The Kier molecular flexibility index (Phi) is 4.46. The first kappa shape index (κ1) is 15.1. The molecule has 3 aliphatic rings. The molecule has 1 spiro atoms. The Morgan fingerprint density at radius 1 is 1.21 bits per heavy atom. The number of likely N-dealkylation sites (tertiary alicyclic amines) is 1. The van der Waals surface area contributed by atoms with Gasteiger partial charge in [-0.25, -0.2) is 0 Å². The van der Waals surface area contributed by atoms with Gasteiger partial charge in [-0.1, -0.05) is 19.8 Å². The average molecular weight is 287 g/mol. The SMILES string of the molecule is CCC1(C(=O)N2CCC3(CCNC3)C2)CCCC1.Cl. The van der Waals surface area contributed by atoms with Gasteiger partial charge in [-0.05, 0) is 38.6 Å². The van der Waals surface area contributed by atoms with Gasteiger partial charge in [0.15, 0.2) is 0 Å². The number of carbonyl (C=O) groups is 1. The molecule has 1 atom stereocenters. The summed E-state index contributed by atoms with van der Waals surface area (Å²) in [5.74, 6) is 0.478. The van der Waals surface area contributed by atoms with Crippen LogP contribution in [0.4, 0.5) is 0 Å². The van der Waals surface area contributed by atoms with Crippen LogP contribution >= 0.6 is 12.4 Å². The highest BCUT2D eigenvalue weighted by molar-refractivity contribution is 5.85. The van der Waals surface area contributed by atoms with E-state index in [1.165, 1.54) is 25.7 Å². The molecule has 4 heteroatoms. The zero-order valence-corrected chi connectivity index (χ0v) is 12.9. The first-order valence-corrected chi connectivity index (χ1v) is 7.70. The normalized spacial score (nSPS) is 32.8. The third kappa shape index (κ3) is 2.52. The Bertz CT molecular complexity index is 333. The molecule has 1 unspecified atom stereocenters. The van der Waals surface area contributed by atoms with Gasteiger partial charge in [-0.3, -0.25) is 4.79 Å². The van der Waals surface area contributed by atoms with Crippen molar-refractivity contribution in [3.8, 4) is 0 Å². The fraction of sp³-hybridized carbons (Fsp3) is 0.933. The van der Waals surface area contributed by atoms with Crippen LogP contribution in [0.25, 0.3) is 0 Å². The van der Waals surface area contributed by atoms with Crippen molar-refractivity contribution in [1.82, 2.24) is 10.2 Å². The van der Waals surface area contributed by atoms with Crippen LogP contribution in [-0.4, -0.2) is 37.0 Å². The van der Waals surface area contributed by atoms with Gasteiger partial charge < -0.3 is 10.2 Å². The topological polar surface area (TPSA) is 32.3 Å². The van der Waals surface area contributed by atoms with Crippen molar-refractivity contribution in [3.05, 3.63) is 0 Å². The molecule has 2 aliphatic heterocycles. The summed E-state index contributed by atoms with van der Waals surface area (Å²) >= 11 is 0. The lowest BCUT2D eigenvalue weighted by atomic mass is 9.81. The molecule has 1 amide bonds. The molecule has 0 aromatic heterocycles. The summed E-state index contributed by atoms with van der Waals surface area (Å²) in [6.45, 7) is 6.48. The van der Waals surface area contributed by atoms with E-state index < -0.39 is 0 Å². The molecule has 2 heterocycles. The monoisotopic (exact) mass is 286 g/mol. The second kappa shape index (κ2) is 5.61. The summed E-state index contributed by atoms with van der Waals surface area (Å²) in [7, 11) is 0. The molecule has 1 N–H and O–H groups in total. The highest BCUT2D eigenvalue weighted by Crippen LogP contribution is 2.45.